The molecule has 0 saturated heterocycles. The van der Waals surface area contributed by atoms with E-state index in [0.717, 1.165) is 24.5 Å². The molecule has 1 heterocycles. The average Bonchev–Trinajstić information content (AvgIpc) is 2.21. The summed E-state index contributed by atoms with van der Waals surface area (Å²) in [6.45, 7) is 3.82. The normalized spacial score (nSPS) is 10.4. The van der Waals surface area contributed by atoms with Crippen LogP contribution in [0, 0.1) is 6.92 Å². The molecule has 0 spiro atoms. The molecular formula is C10H17N3S. The number of aromatic nitrogens is 2. The third-order valence-corrected chi connectivity index (χ3v) is 2.54. The van der Waals surface area contributed by atoms with Gasteiger partial charge in [0.15, 0.2) is 0 Å². The van der Waals surface area contributed by atoms with Crippen LogP contribution in [-0.4, -0.2) is 28.5 Å². The Labute approximate surface area is 89.7 Å². The molecule has 0 aromatic carbocycles. The van der Waals surface area contributed by atoms with E-state index >= 15 is 0 Å². The molecule has 4 heteroatoms. The first-order valence-corrected chi connectivity index (χ1v) is 6.19. The Hall–Kier alpha value is -0.610. The number of rotatable bonds is 6. The van der Waals surface area contributed by atoms with E-state index in [1.807, 2.05) is 24.9 Å². The third-order valence-electron chi connectivity index (χ3n) is 1.84. The van der Waals surface area contributed by atoms with Crippen molar-refractivity contribution in [2.45, 2.75) is 19.9 Å². The highest BCUT2D eigenvalue weighted by Crippen LogP contribution is 1.95. The van der Waals surface area contributed by atoms with Crippen LogP contribution in [0.1, 0.15) is 17.8 Å². The molecule has 1 aromatic rings. The van der Waals surface area contributed by atoms with Crippen LogP contribution < -0.4 is 5.32 Å². The van der Waals surface area contributed by atoms with Crippen molar-refractivity contribution in [3.8, 4) is 0 Å². The smallest absolute Gasteiger partial charge is 0.0724 e. The van der Waals surface area contributed by atoms with Crippen molar-refractivity contribution in [3.63, 3.8) is 0 Å². The summed E-state index contributed by atoms with van der Waals surface area (Å²) in [7, 11) is 0. The van der Waals surface area contributed by atoms with Gasteiger partial charge in [-0.05, 0) is 31.9 Å². The van der Waals surface area contributed by atoms with Crippen molar-refractivity contribution in [2.75, 3.05) is 18.6 Å². The Balaban J connectivity index is 2.15. The summed E-state index contributed by atoms with van der Waals surface area (Å²) in [5.41, 5.74) is 1.98. The van der Waals surface area contributed by atoms with Crippen molar-refractivity contribution in [1.82, 2.24) is 15.3 Å². The fraction of sp³-hybridized carbons (Fsp3) is 0.600. The van der Waals surface area contributed by atoms with Crippen molar-refractivity contribution in [3.05, 3.63) is 23.8 Å². The minimum Gasteiger partial charge on any atom is -0.311 e. The average molecular weight is 211 g/mol. The van der Waals surface area contributed by atoms with E-state index in [9.17, 15) is 0 Å². The molecular weight excluding hydrogens is 194 g/mol. The van der Waals surface area contributed by atoms with E-state index in [2.05, 4.69) is 21.5 Å². The maximum Gasteiger partial charge on any atom is 0.0724 e. The Bertz CT molecular complexity index is 248. The molecule has 1 aromatic heterocycles. The topological polar surface area (TPSA) is 37.8 Å². The Morgan fingerprint density at radius 3 is 2.86 bits per heavy atom. The second-order valence-corrected chi connectivity index (χ2v) is 4.16. The monoisotopic (exact) mass is 211 g/mol. The van der Waals surface area contributed by atoms with Crippen LogP contribution in [0.3, 0.4) is 0 Å². The minimum absolute atomic E-state index is 0.821. The first kappa shape index (κ1) is 11.5. The van der Waals surface area contributed by atoms with Crippen molar-refractivity contribution < 1.29 is 0 Å². The summed E-state index contributed by atoms with van der Waals surface area (Å²) in [4.78, 5) is 8.45. The lowest BCUT2D eigenvalue weighted by Crippen LogP contribution is -2.16. The fourth-order valence-corrected chi connectivity index (χ4v) is 1.50. The molecule has 1 rings (SSSR count). The van der Waals surface area contributed by atoms with Gasteiger partial charge < -0.3 is 5.32 Å². The lowest BCUT2D eigenvalue weighted by atomic mass is 10.4. The zero-order valence-corrected chi connectivity index (χ0v) is 9.60. The van der Waals surface area contributed by atoms with Crippen LogP contribution in [0.2, 0.25) is 0 Å². The van der Waals surface area contributed by atoms with Crippen LogP contribution in [0.4, 0.5) is 0 Å². The van der Waals surface area contributed by atoms with Gasteiger partial charge >= 0.3 is 0 Å². The Morgan fingerprint density at radius 1 is 1.36 bits per heavy atom. The first-order valence-electron chi connectivity index (χ1n) is 4.80. The number of aryl methyl sites for hydroxylation is 1. The van der Waals surface area contributed by atoms with Crippen LogP contribution in [0.5, 0.6) is 0 Å². The molecule has 1 N–H and O–H groups in total. The van der Waals surface area contributed by atoms with Gasteiger partial charge in [-0.25, -0.2) is 0 Å². The summed E-state index contributed by atoms with van der Waals surface area (Å²) < 4.78 is 0. The van der Waals surface area contributed by atoms with Gasteiger partial charge in [0.25, 0.3) is 0 Å². The highest BCUT2D eigenvalue weighted by Gasteiger charge is 1.93. The molecule has 0 radical (unpaired) electrons. The first-order chi connectivity index (χ1) is 6.83. The number of hydrogen-bond donors (Lipinski definition) is 1. The zero-order chi connectivity index (χ0) is 10.2. The molecule has 0 amide bonds. The quantitative estimate of drug-likeness (QED) is 0.726. The summed E-state index contributed by atoms with van der Waals surface area (Å²) in [5, 5.41) is 3.34. The lowest BCUT2D eigenvalue weighted by Gasteiger charge is -2.03. The van der Waals surface area contributed by atoms with Crippen LogP contribution in [0.15, 0.2) is 12.4 Å². The van der Waals surface area contributed by atoms with Crippen molar-refractivity contribution in [2.24, 2.45) is 0 Å². The highest BCUT2D eigenvalue weighted by molar-refractivity contribution is 7.98. The van der Waals surface area contributed by atoms with E-state index in [1.54, 1.807) is 6.20 Å². The van der Waals surface area contributed by atoms with Crippen LogP contribution in [0.25, 0.3) is 0 Å². The lowest BCUT2D eigenvalue weighted by molar-refractivity contribution is 0.664. The van der Waals surface area contributed by atoms with E-state index in [0.29, 0.717) is 0 Å². The molecule has 0 saturated carbocycles. The molecule has 14 heavy (non-hydrogen) atoms. The number of thioether (sulfide) groups is 1. The third kappa shape index (κ3) is 4.58. The standard InChI is InChI=1S/C10H17N3S/c1-9-6-13-10(8-12-9)7-11-4-3-5-14-2/h6,8,11H,3-5,7H2,1-2H3. The van der Waals surface area contributed by atoms with Gasteiger partial charge in [-0.1, -0.05) is 0 Å². The summed E-state index contributed by atoms with van der Waals surface area (Å²) in [6, 6.07) is 0. The molecule has 0 aliphatic carbocycles. The molecule has 0 bridgehead atoms. The highest BCUT2D eigenvalue weighted by atomic mass is 32.2. The van der Waals surface area contributed by atoms with Gasteiger partial charge in [0, 0.05) is 18.9 Å². The maximum atomic E-state index is 4.27. The van der Waals surface area contributed by atoms with Crippen LogP contribution >= 0.6 is 11.8 Å². The maximum absolute atomic E-state index is 4.27. The number of nitrogens with one attached hydrogen (secondary N) is 1. The largest absolute Gasteiger partial charge is 0.311 e. The molecule has 0 aliphatic rings. The van der Waals surface area contributed by atoms with Crippen LogP contribution in [-0.2, 0) is 6.54 Å². The summed E-state index contributed by atoms with van der Waals surface area (Å²) >= 11 is 1.88. The van der Waals surface area contributed by atoms with Gasteiger partial charge in [0.2, 0.25) is 0 Å². The van der Waals surface area contributed by atoms with E-state index in [-0.39, 0.29) is 0 Å². The molecule has 0 atom stereocenters. The summed E-state index contributed by atoms with van der Waals surface area (Å²) in [5.74, 6) is 1.21. The van der Waals surface area contributed by atoms with E-state index < -0.39 is 0 Å². The van der Waals surface area contributed by atoms with E-state index in [4.69, 9.17) is 0 Å². The molecule has 0 unspecified atom stereocenters. The minimum atomic E-state index is 0.821. The van der Waals surface area contributed by atoms with Gasteiger partial charge in [0.05, 0.1) is 11.4 Å². The second kappa shape index (κ2) is 6.79. The predicted molar refractivity (Wildman–Crippen MR) is 61.5 cm³/mol. The van der Waals surface area contributed by atoms with Gasteiger partial charge in [0.1, 0.15) is 0 Å². The van der Waals surface area contributed by atoms with Crippen molar-refractivity contribution in [1.29, 1.82) is 0 Å². The SMILES string of the molecule is CSCCCNCc1cnc(C)cn1. The van der Waals surface area contributed by atoms with Crippen molar-refractivity contribution >= 4 is 11.8 Å². The molecule has 3 nitrogen and oxygen atoms in total. The number of hydrogen-bond acceptors (Lipinski definition) is 4. The Kier molecular flexibility index (Phi) is 5.56. The van der Waals surface area contributed by atoms with Gasteiger partial charge in [-0.15, -0.1) is 0 Å². The Morgan fingerprint density at radius 2 is 2.21 bits per heavy atom. The van der Waals surface area contributed by atoms with Gasteiger partial charge in [-0.2, -0.15) is 11.8 Å². The number of nitrogens with zero attached hydrogens (tertiary/aromatic N) is 2. The zero-order valence-electron chi connectivity index (χ0n) is 8.79. The molecule has 0 fully saturated rings. The predicted octanol–water partition coefficient (Wildman–Crippen LogP) is 1.63. The summed E-state index contributed by atoms with van der Waals surface area (Å²) in [6.07, 6.45) is 6.97. The van der Waals surface area contributed by atoms with Gasteiger partial charge in [-0.3, -0.25) is 9.97 Å². The fourth-order valence-electron chi connectivity index (χ4n) is 1.07. The molecule has 78 valence electrons. The molecule has 0 aliphatic heterocycles. The van der Waals surface area contributed by atoms with E-state index in [1.165, 1.54) is 12.2 Å². The second-order valence-electron chi connectivity index (χ2n) is 3.17.